The molecule has 0 atom stereocenters. The van der Waals surface area contributed by atoms with Gasteiger partial charge >= 0.3 is 0 Å². The zero-order chi connectivity index (χ0) is 14.7. The Morgan fingerprint density at radius 1 is 1.29 bits per heavy atom. The topological polar surface area (TPSA) is 54.5 Å². The molecule has 1 amide bonds. The van der Waals surface area contributed by atoms with E-state index in [9.17, 15) is 4.79 Å². The average Bonchev–Trinajstić information content (AvgIpc) is 2.76. The van der Waals surface area contributed by atoms with Gasteiger partial charge in [0.25, 0.3) is 5.91 Å². The van der Waals surface area contributed by atoms with E-state index >= 15 is 0 Å². The molecule has 1 aromatic carbocycles. The predicted octanol–water partition coefficient (Wildman–Crippen LogP) is 2.55. The van der Waals surface area contributed by atoms with Gasteiger partial charge in [-0.3, -0.25) is 4.79 Å². The summed E-state index contributed by atoms with van der Waals surface area (Å²) in [5.74, 6) is 0.272. The lowest BCUT2D eigenvalue weighted by Crippen LogP contribution is -2.32. The highest BCUT2D eigenvalue weighted by Crippen LogP contribution is 2.30. The smallest absolute Gasteiger partial charge is 0.263 e. The number of carbonyl (C=O) groups is 1. The molecule has 2 aromatic rings. The molecule has 108 valence electrons. The van der Waals surface area contributed by atoms with Crippen LogP contribution in [0.2, 0.25) is 0 Å². The Balaban J connectivity index is 2.01. The van der Waals surface area contributed by atoms with Crippen molar-refractivity contribution in [2.45, 2.75) is 6.42 Å². The van der Waals surface area contributed by atoms with E-state index in [0.29, 0.717) is 18.0 Å². The minimum Gasteiger partial charge on any atom is -0.480 e. The first-order valence-corrected chi connectivity index (χ1v) is 6.95. The largest absolute Gasteiger partial charge is 0.480 e. The molecule has 0 radical (unpaired) electrons. The Hall–Kier alpha value is -2.56. The maximum atomic E-state index is 12.9. The van der Waals surface area contributed by atoms with Gasteiger partial charge in [0.15, 0.2) is 0 Å². The van der Waals surface area contributed by atoms with Crippen molar-refractivity contribution in [1.29, 1.82) is 0 Å². The van der Waals surface area contributed by atoms with Crippen LogP contribution in [0.5, 0.6) is 5.88 Å². The SMILES string of the molecule is COc1ncccc1C(=O)N1CCCNc2ccccc21. The van der Waals surface area contributed by atoms with E-state index in [-0.39, 0.29) is 5.91 Å². The van der Waals surface area contributed by atoms with Crippen molar-refractivity contribution in [3.63, 3.8) is 0 Å². The molecule has 0 saturated heterocycles. The Morgan fingerprint density at radius 3 is 3.00 bits per heavy atom. The third kappa shape index (κ3) is 2.54. The van der Waals surface area contributed by atoms with Crippen molar-refractivity contribution in [3.8, 4) is 5.88 Å². The number of methoxy groups -OCH3 is 1. The molecular formula is C16H17N3O2. The number of rotatable bonds is 2. The Bertz CT molecular complexity index is 657. The van der Waals surface area contributed by atoms with Crippen LogP contribution in [0.1, 0.15) is 16.8 Å². The maximum Gasteiger partial charge on any atom is 0.263 e. The Morgan fingerprint density at radius 2 is 2.14 bits per heavy atom. The van der Waals surface area contributed by atoms with Crippen molar-refractivity contribution in [2.75, 3.05) is 30.4 Å². The summed E-state index contributed by atoms with van der Waals surface area (Å²) in [4.78, 5) is 18.8. The summed E-state index contributed by atoms with van der Waals surface area (Å²) >= 11 is 0. The number of benzene rings is 1. The number of carbonyl (C=O) groups excluding carboxylic acids is 1. The molecule has 1 aromatic heterocycles. The molecule has 0 spiro atoms. The van der Waals surface area contributed by atoms with Gasteiger partial charge in [-0.1, -0.05) is 12.1 Å². The van der Waals surface area contributed by atoms with Crippen LogP contribution in [0.15, 0.2) is 42.6 Å². The van der Waals surface area contributed by atoms with Gasteiger partial charge in [0, 0.05) is 19.3 Å². The average molecular weight is 283 g/mol. The number of pyridine rings is 1. The van der Waals surface area contributed by atoms with Crippen LogP contribution in [0.3, 0.4) is 0 Å². The fraction of sp³-hybridized carbons (Fsp3) is 0.250. The lowest BCUT2D eigenvalue weighted by molar-refractivity contribution is 0.0983. The minimum absolute atomic E-state index is 0.0869. The second-order valence-corrected chi connectivity index (χ2v) is 4.81. The summed E-state index contributed by atoms with van der Waals surface area (Å²) in [5, 5.41) is 3.35. The number of nitrogens with zero attached hydrogens (tertiary/aromatic N) is 2. The highest BCUT2D eigenvalue weighted by molar-refractivity contribution is 6.09. The van der Waals surface area contributed by atoms with Crippen LogP contribution in [0.4, 0.5) is 11.4 Å². The fourth-order valence-corrected chi connectivity index (χ4v) is 2.51. The molecule has 21 heavy (non-hydrogen) atoms. The quantitative estimate of drug-likeness (QED) is 0.920. The van der Waals surface area contributed by atoms with Gasteiger partial charge in [-0.05, 0) is 30.7 Å². The van der Waals surface area contributed by atoms with E-state index < -0.39 is 0 Å². The predicted molar refractivity (Wildman–Crippen MR) is 82.0 cm³/mol. The standard InChI is InChI=1S/C16H17N3O2/c1-21-15-12(6-4-9-18-15)16(20)19-11-5-10-17-13-7-2-3-8-14(13)19/h2-4,6-9,17H,5,10-11H2,1H3. The molecule has 1 aliphatic heterocycles. The zero-order valence-corrected chi connectivity index (χ0v) is 11.9. The molecule has 0 fully saturated rings. The normalized spacial score (nSPS) is 13.9. The number of fused-ring (bicyclic) bond motifs is 1. The van der Waals surface area contributed by atoms with Crippen molar-refractivity contribution in [3.05, 3.63) is 48.2 Å². The van der Waals surface area contributed by atoms with Gasteiger partial charge in [0.1, 0.15) is 5.56 Å². The second-order valence-electron chi connectivity index (χ2n) is 4.81. The minimum atomic E-state index is -0.0869. The number of aromatic nitrogens is 1. The van der Waals surface area contributed by atoms with Crippen LogP contribution >= 0.6 is 0 Å². The molecule has 0 aliphatic carbocycles. The number of ether oxygens (including phenoxy) is 1. The molecule has 5 nitrogen and oxygen atoms in total. The summed E-state index contributed by atoms with van der Waals surface area (Å²) < 4.78 is 5.20. The van der Waals surface area contributed by atoms with Gasteiger partial charge in [-0.2, -0.15) is 0 Å². The number of hydrogen-bond donors (Lipinski definition) is 1. The number of para-hydroxylation sites is 2. The summed E-state index contributed by atoms with van der Waals surface area (Å²) in [6.45, 7) is 1.52. The first-order chi connectivity index (χ1) is 10.3. The Kier molecular flexibility index (Phi) is 3.73. The van der Waals surface area contributed by atoms with E-state index in [2.05, 4.69) is 10.3 Å². The Labute approximate surface area is 123 Å². The molecule has 1 N–H and O–H groups in total. The van der Waals surface area contributed by atoms with Gasteiger partial charge in [0.2, 0.25) is 5.88 Å². The van der Waals surface area contributed by atoms with Crippen LogP contribution in [0, 0.1) is 0 Å². The molecule has 0 unspecified atom stereocenters. The second kappa shape index (κ2) is 5.83. The van der Waals surface area contributed by atoms with Crippen molar-refractivity contribution in [1.82, 2.24) is 4.98 Å². The number of anilines is 2. The highest BCUT2D eigenvalue weighted by Gasteiger charge is 2.24. The third-order valence-electron chi connectivity index (χ3n) is 3.51. The van der Waals surface area contributed by atoms with E-state index in [1.54, 1.807) is 23.2 Å². The summed E-state index contributed by atoms with van der Waals surface area (Å²) in [6.07, 6.45) is 2.51. The number of amides is 1. The summed E-state index contributed by atoms with van der Waals surface area (Å²) in [6, 6.07) is 11.3. The molecule has 0 bridgehead atoms. The highest BCUT2D eigenvalue weighted by atomic mass is 16.5. The summed E-state index contributed by atoms with van der Waals surface area (Å²) in [7, 11) is 1.52. The van der Waals surface area contributed by atoms with Gasteiger partial charge in [-0.25, -0.2) is 4.98 Å². The van der Waals surface area contributed by atoms with Crippen LogP contribution < -0.4 is 15.0 Å². The van der Waals surface area contributed by atoms with E-state index in [4.69, 9.17) is 4.74 Å². The van der Waals surface area contributed by atoms with Crippen LogP contribution in [-0.2, 0) is 0 Å². The van der Waals surface area contributed by atoms with Crippen molar-refractivity contribution < 1.29 is 9.53 Å². The molecule has 5 heteroatoms. The third-order valence-corrected chi connectivity index (χ3v) is 3.51. The van der Waals surface area contributed by atoms with Gasteiger partial charge in [-0.15, -0.1) is 0 Å². The lowest BCUT2D eigenvalue weighted by Gasteiger charge is -2.23. The molecule has 2 heterocycles. The van der Waals surface area contributed by atoms with Crippen molar-refractivity contribution in [2.24, 2.45) is 0 Å². The molecular weight excluding hydrogens is 266 g/mol. The maximum absolute atomic E-state index is 12.9. The van der Waals surface area contributed by atoms with Crippen LogP contribution in [0.25, 0.3) is 0 Å². The first kappa shape index (κ1) is 13.4. The molecule has 0 saturated carbocycles. The number of nitrogens with one attached hydrogen (secondary N) is 1. The fourth-order valence-electron chi connectivity index (χ4n) is 2.51. The van der Waals surface area contributed by atoms with E-state index in [1.807, 2.05) is 24.3 Å². The first-order valence-electron chi connectivity index (χ1n) is 6.95. The number of hydrogen-bond acceptors (Lipinski definition) is 4. The lowest BCUT2D eigenvalue weighted by atomic mass is 10.2. The zero-order valence-electron chi connectivity index (χ0n) is 11.9. The molecule has 1 aliphatic rings. The van der Waals surface area contributed by atoms with Gasteiger partial charge in [0.05, 0.1) is 18.5 Å². The van der Waals surface area contributed by atoms with Crippen molar-refractivity contribution >= 4 is 17.3 Å². The monoisotopic (exact) mass is 283 g/mol. The van der Waals surface area contributed by atoms with Crippen LogP contribution in [-0.4, -0.2) is 31.1 Å². The summed E-state index contributed by atoms with van der Waals surface area (Å²) in [5.41, 5.74) is 2.36. The van der Waals surface area contributed by atoms with Gasteiger partial charge < -0.3 is 15.0 Å². The van der Waals surface area contributed by atoms with E-state index in [1.165, 1.54) is 7.11 Å². The van der Waals surface area contributed by atoms with E-state index in [0.717, 1.165) is 24.3 Å². The molecule has 3 rings (SSSR count).